The molecule has 9 heteroatoms. The fourth-order valence-corrected chi connectivity index (χ4v) is 4.04. The quantitative estimate of drug-likeness (QED) is 0.505. The highest BCUT2D eigenvalue weighted by atomic mass is 79.9. The lowest BCUT2D eigenvalue weighted by Crippen LogP contribution is -2.20. The van der Waals surface area contributed by atoms with Crippen LogP contribution in [-0.2, 0) is 6.54 Å². The number of hydrogen-bond donors (Lipinski definition) is 2. The van der Waals surface area contributed by atoms with Crippen LogP contribution in [0.5, 0.6) is 11.6 Å². The molecule has 0 atom stereocenters. The van der Waals surface area contributed by atoms with E-state index in [-0.39, 0.29) is 0 Å². The second-order valence-electron chi connectivity index (χ2n) is 6.66. The summed E-state index contributed by atoms with van der Waals surface area (Å²) in [4.78, 5) is 23.0. The highest BCUT2D eigenvalue weighted by Gasteiger charge is 2.12. The largest absolute Gasteiger partial charge is 0.439 e. The number of hydrogen-bond acceptors (Lipinski definition) is 6. The van der Waals surface area contributed by atoms with Gasteiger partial charge in [0, 0.05) is 18.0 Å². The van der Waals surface area contributed by atoms with Gasteiger partial charge in [-0.2, -0.15) is 4.98 Å². The summed E-state index contributed by atoms with van der Waals surface area (Å²) in [7, 11) is 0. The van der Waals surface area contributed by atoms with Crippen LogP contribution in [0, 0.1) is 0 Å². The number of urea groups is 1. The number of halogens is 1. The van der Waals surface area contributed by atoms with Gasteiger partial charge in [0.2, 0.25) is 5.88 Å². The van der Waals surface area contributed by atoms with Crippen LogP contribution in [0.2, 0.25) is 0 Å². The molecule has 1 aliphatic heterocycles. The van der Waals surface area contributed by atoms with E-state index in [2.05, 4.69) is 53.6 Å². The topological polar surface area (TPSA) is 79.4 Å². The minimum absolute atomic E-state index is 0.389. The Morgan fingerprint density at radius 2 is 1.83 bits per heavy atom. The first kappa shape index (κ1) is 19.8. The predicted octanol–water partition coefficient (Wildman–Crippen LogP) is 5.33. The first-order chi connectivity index (χ1) is 14.1. The smallest absolute Gasteiger partial charge is 0.326 e. The molecule has 3 heterocycles. The zero-order valence-electron chi connectivity index (χ0n) is 15.6. The molecule has 3 aromatic rings. The number of carbonyl (C=O) groups is 1. The zero-order valence-corrected chi connectivity index (χ0v) is 18.0. The number of aromatic nitrogens is 2. The van der Waals surface area contributed by atoms with E-state index in [1.165, 1.54) is 42.8 Å². The number of rotatable bonds is 6. The molecule has 2 amide bonds. The summed E-state index contributed by atoms with van der Waals surface area (Å²) in [5, 5.41) is 7.07. The number of nitrogens with zero attached hydrogens (tertiary/aromatic N) is 3. The molecule has 2 aromatic heterocycles. The van der Waals surface area contributed by atoms with E-state index in [0.29, 0.717) is 27.2 Å². The molecule has 7 nitrogen and oxygen atoms in total. The van der Waals surface area contributed by atoms with Crippen LogP contribution in [0.15, 0.2) is 51.8 Å². The second kappa shape index (κ2) is 9.34. The molecule has 2 N–H and O–H groups in total. The summed E-state index contributed by atoms with van der Waals surface area (Å²) in [5.41, 5.74) is 1.27. The molecular formula is C20H20BrN5O2S. The Morgan fingerprint density at radius 1 is 1.07 bits per heavy atom. The van der Waals surface area contributed by atoms with E-state index in [1.807, 2.05) is 12.1 Å². The Bertz CT molecular complexity index is 973. The molecule has 0 aliphatic carbocycles. The zero-order chi connectivity index (χ0) is 20.1. The highest BCUT2D eigenvalue weighted by Crippen LogP contribution is 2.23. The average molecular weight is 474 g/mol. The number of carbonyl (C=O) groups excluding carboxylic acids is 1. The molecule has 29 heavy (non-hydrogen) atoms. The Morgan fingerprint density at radius 3 is 2.55 bits per heavy atom. The van der Waals surface area contributed by atoms with Crippen molar-refractivity contribution in [2.45, 2.75) is 19.4 Å². The number of amides is 2. The Hall–Kier alpha value is -2.49. The van der Waals surface area contributed by atoms with Gasteiger partial charge in [0.25, 0.3) is 0 Å². The molecule has 150 valence electrons. The monoisotopic (exact) mass is 473 g/mol. The Labute approximate surface area is 181 Å². The van der Waals surface area contributed by atoms with E-state index in [0.717, 1.165) is 6.54 Å². The molecule has 1 aromatic carbocycles. The third-order valence-corrected chi connectivity index (χ3v) is 5.80. The number of anilines is 2. The van der Waals surface area contributed by atoms with Gasteiger partial charge in [-0.05, 0) is 65.6 Å². The lowest BCUT2D eigenvalue weighted by Gasteiger charge is -2.14. The number of pyridine rings is 1. The van der Waals surface area contributed by atoms with Gasteiger partial charge in [-0.3, -0.25) is 15.5 Å². The van der Waals surface area contributed by atoms with Crippen LogP contribution in [0.4, 0.5) is 16.4 Å². The molecule has 0 bridgehead atoms. The van der Waals surface area contributed by atoms with Gasteiger partial charge in [0.1, 0.15) is 17.4 Å². The standard InChI is InChI=1S/C20H20BrN5O2S/c21-19-23-17(13-29-19)25-20(27)24-16-4-3-5-18(22-16)28-15-8-6-14(7-9-15)12-26-10-1-2-11-26/h3-9,13H,1-2,10-12H2,(H2,22,24,25,27). The van der Waals surface area contributed by atoms with Gasteiger partial charge in [0.05, 0.1) is 0 Å². The molecule has 0 saturated carbocycles. The predicted molar refractivity (Wildman–Crippen MR) is 118 cm³/mol. The van der Waals surface area contributed by atoms with E-state index in [9.17, 15) is 4.79 Å². The molecule has 4 rings (SSSR count). The maximum atomic E-state index is 12.1. The van der Waals surface area contributed by atoms with Crippen molar-refractivity contribution < 1.29 is 9.53 Å². The molecular weight excluding hydrogens is 454 g/mol. The number of ether oxygens (including phenoxy) is 1. The van der Waals surface area contributed by atoms with E-state index in [1.54, 1.807) is 23.6 Å². The molecule has 1 fully saturated rings. The lowest BCUT2D eigenvalue weighted by molar-refractivity contribution is 0.262. The SMILES string of the molecule is O=C(Nc1cccc(Oc2ccc(CN3CCCC3)cc2)n1)Nc1csc(Br)n1. The Kier molecular flexibility index (Phi) is 6.38. The van der Waals surface area contributed by atoms with E-state index >= 15 is 0 Å². The normalized spacial score (nSPS) is 14.0. The third kappa shape index (κ3) is 5.75. The van der Waals surface area contributed by atoms with Gasteiger partial charge >= 0.3 is 6.03 Å². The van der Waals surface area contributed by atoms with Crippen LogP contribution >= 0.6 is 27.3 Å². The van der Waals surface area contributed by atoms with Gasteiger partial charge in [-0.15, -0.1) is 11.3 Å². The lowest BCUT2D eigenvalue weighted by atomic mass is 10.2. The first-order valence-corrected chi connectivity index (χ1v) is 11.0. The fraction of sp³-hybridized carbons (Fsp3) is 0.250. The minimum atomic E-state index is -0.418. The van der Waals surface area contributed by atoms with Crippen molar-refractivity contribution in [2.75, 3.05) is 23.7 Å². The van der Waals surface area contributed by atoms with Crippen molar-refractivity contribution in [3.63, 3.8) is 0 Å². The van der Waals surface area contributed by atoms with E-state index < -0.39 is 6.03 Å². The second-order valence-corrected chi connectivity index (χ2v) is 8.79. The van der Waals surface area contributed by atoms with Gasteiger partial charge in [-0.25, -0.2) is 9.78 Å². The highest BCUT2D eigenvalue weighted by molar-refractivity contribution is 9.11. The minimum Gasteiger partial charge on any atom is -0.439 e. The van der Waals surface area contributed by atoms with Crippen molar-refractivity contribution in [3.05, 3.63) is 57.3 Å². The average Bonchev–Trinajstić information content (AvgIpc) is 3.35. The van der Waals surface area contributed by atoms with Crippen molar-refractivity contribution in [1.82, 2.24) is 14.9 Å². The molecule has 1 saturated heterocycles. The van der Waals surface area contributed by atoms with Crippen molar-refractivity contribution >= 4 is 44.9 Å². The summed E-state index contributed by atoms with van der Waals surface area (Å²) in [6.07, 6.45) is 2.58. The number of thiazole rings is 1. The summed E-state index contributed by atoms with van der Waals surface area (Å²) in [5.74, 6) is 1.98. The maximum Gasteiger partial charge on any atom is 0.326 e. The summed E-state index contributed by atoms with van der Waals surface area (Å²) >= 11 is 4.65. The van der Waals surface area contributed by atoms with Crippen LogP contribution in [-0.4, -0.2) is 34.0 Å². The third-order valence-electron chi connectivity index (χ3n) is 4.43. The molecule has 0 spiro atoms. The fourth-order valence-electron chi connectivity index (χ4n) is 3.10. The molecule has 0 radical (unpaired) electrons. The van der Waals surface area contributed by atoms with Crippen molar-refractivity contribution in [2.24, 2.45) is 0 Å². The number of nitrogens with one attached hydrogen (secondary N) is 2. The van der Waals surface area contributed by atoms with Crippen LogP contribution in [0.1, 0.15) is 18.4 Å². The number of benzene rings is 1. The Balaban J connectivity index is 1.33. The molecule has 0 unspecified atom stereocenters. The van der Waals surface area contributed by atoms with Gasteiger partial charge in [0.15, 0.2) is 3.92 Å². The molecule has 1 aliphatic rings. The van der Waals surface area contributed by atoms with Gasteiger partial charge in [-0.1, -0.05) is 18.2 Å². The summed E-state index contributed by atoms with van der Waals surface area (Å²) in [6.45, 7) is 3.33. The van der Waals surface area contributed by atoms with Gasteiger partial charge < -0.3 is 4.74 Å². The first-order valence-electron chi connectivity index (χ1n) is 9.29. The maximum absolute atomic E-state index is 12.1. The van der Waals surface area contributed by atoms with Crippen molar-refractivity contribution in [1.29, 1.82) is 0 Å². The van der Waals surface area contributed by atoms with E-state index in [4.69, 9.17) is 4.74 Å². The summed E-state index contributed by atoms with van der Waals surface area (Å²) < 4.78 is 6.54. The van der Waals surface area contributed by atoms with Crippen LogP contribution < -0.4 is 15.4 Å². The van der Waals surface area contributed by atoms with Crippen LogP contribution in [0.3, 0.4) is 0 Å². The number of likely N-dealkylation sites (tertiary alicyclic amines) is 1. The van der Waals surface area contributed by atoms with Crippen LogP contribution in [0.25, 0.3) is 0 Å². The van der Waals surface area contributed by atoms with Crippen molar-refractivity contribution in [3.8, 4) is 11.6 Å². The summed E-state index contributed by atoms with van der Waals surface area (Å²) in [6, 6.07) is 12.9.